The number of imide groups is 1. The largest absolute Gasteiger partial charge is 0.487 e. The topological polar surface area (TPSA) is 88.0 Å². The average molecular weight is 354 g/mol. The fraction of sp³-hybridized carbons (Fsp3) is 0.0556. The highest BCUT2D eigenvalue weighted by molar-refractivity contribution is 8.18. The molecule has 0 radical (unpaired) electrons. The molecular weight excluding hydrogens is 340 g/mol. The van der Waals surface area contributed by atoms with E-state index >= 15 is 0 Å². The molecule has 0 atom stereocenters. The number of thioether (sulfide) groups is 1. The summed E-state index contributed by atoms with van der Waals surface area (Å²) in [4.78, 5) is 23.0. The normalized spacial score (nSPS) is 16.2. The van der Waals surface area contributed by atoms with E-state index in [9.17, 15) is 9.59 Å². The van der Waals surface area contributed by atoms with Gasteiger partial charge in [-0.2, -0.15) is 0 Å². The molecule has 1 aliphatic heterocycles. The number of ether oxygens (including phenoxy) is 1. The second kappa shape index (κ2) is 7.67. The van der Waals surface area contributed by atoms with Gasteiger partial charge in [0.25, 0.3) is 11.1 Å². The number of carbonyl (C=O) groups is 2. The number of carbonyl (C=O) groups excluding carboxylic acids is 2. The van der Waals surface area contributed by atoms with Gasteiger partial charge in [-0.05, 0) is 35.5 Å². The van der Waals surface area contributed by atoms with Crippen molar-refractivity contribution in [2.75, 3.05) is 6.61 Å². The number of amides is 2. The molecular formula is C18H14N2O4S. The van der Waals surface area contributed by atoms with Crippen LogP contribution >= 0.6 is 11.8 Å². The number of benzene rings is 2. The van der Waals surface area contributed by atoms with Crippen molar-refractivity contribution in [2.45, 2.75) is 0 Å². The molecule has 0 bridgehead atoms. The molecule has 25 heavy (non-hydrogen) atoms. The van der Waals surface area contributed by atoms with E-state index in [1.165, 1.54) is 0 Å². The molecule has 1 aliphatic rings. The van der Waals surface area contributed by atoms with Gasteiger partial charge in [-0.3, -0.25) is 14.9 Å². The molecule has 2 N–H and O–H groups in total. The fourth-order valence-corrected chi connectivity index (χ4v) is 2.87. The minimum absolute atomic E-state index is 0.119. The van der Waals surface area contributed by atoms with Crippen LogP contribution in [-0.4, -0.2) is 28.7 Å². The van der Waals surface area contributed by atoms with Gasteiger partial charge >= 0.3 is 0 Å². The third-order valence-corrected chi connectivity index (χ3v) is 4.23. The third-order valence-electron chi connectivity index (χ3n) is 3.42. The van der Waals surface area contributed by atoms with E-state index in [0.717, 1.165) is 22.9 Å². The second-order valence-electron chi connectivity index (χ2n) is 5.12. The fourth-order valence-electron chi connectivity index (χ4n) is 2.18. The Balaban J connectivity index is 1.64. The number of rotatable bonds is 5. The zero-order valence-electron chi connectivity index (χ0n) is 13.0. The number of nitrogens with one attached hydrogen (secondary N) is 1. The molecule has 0 aromatic heterocycles. The van der Waals surface area contributed by atoms with Crippen molar-refractivity contribution in [3.63, 3.8) is 0 Å². The molecule has 2 aromatic rings. The molecule has 0 aliphatic carbocycles. The zero-order valence-corrected chi connectivity index (χ0v) is 13.8. The molecule has 1 saturated heterocycles. The van der Waals surface area contributed by atoms with Gasteiger partial charge < -0.3 is 9.94 Å². The molecule has 126 valence electrons. The lowest BCUT2D eigenvalue weighted by Gasteiger charge is -2.08. The summed E-state index contributed by atoms with van der Waals surface area (Å²) in [6.07, 6.45) is 1.64. The molecule has 1 fully saturated rings. The van der Waals surface area contributed by atoms with E-state index in [2.05, 4.69) is 10.5 Å². The van der Waals surface area contributed by atoms with Crippen LogP contribution in [0.4, 0.5) is 4.79 Å². The Morgan fingerprint density at radius 2 is 1.84 bits per heavy atom. The summed E-state index contributed by atoms with van der Waals surface area (Å²) < 4.78 is 5.63. The zero-order chi connectivity index (χ0) is 17.6. The lowest BCUT2D eigenvalue weighted by atomic mass is 10.1. The monoisotopic (exact) mass is 354 g/mol. The smallest absolute Gasteiger partial charge is 0.290 e. The Kier molecular flexibility index (Phi) is 5.15. The van der Waals surface area contributed by atoms with E-state index in [0.29, 0.717) is 16.4 Å². The Labute approximate surface area is 148 Å². The van der Waals surface area contributed by atoms with Crippen LogP contribution in [0.5, 0.6) is 5.75 Å². The Morgan fingerprint density at radius 3 is 2.44 bits per heavy atom. The molecule has 1 heterocycles. The minimum Gasteiger partial charge on any atom is -0.487 e. The van der Waals surface area contributed by atoms with Crippen LogP contribution in [-0.2, 0) is 4.79 Å². The summed E-state index contributed by atoms with van der Waals surface area (Å²) in [6.45, 7) is 0.119. The maximum absolute atomic E-state index is 11.5. The molecule has 0 spiro atoms. The predicted molar refractivity (Wildman–Crippen MR) is 95.8 cm³/mol. The van der Waals surface area contributed by atoms with Gasteiger partial charge in [0.05, 0.1) is 4.91 Å². The van der Waals surface area contributed by atoms with Crippen molar-refractivity contribution >= 4 is 34.7 Å². The van der Waals surface area contributed by atoms with E-state index in [1.54, 1.807) is 30.3 Å². The van der Waals surface area contributed by atoms with Crippen LogP contribution in [0.1, 0.15) is 11.1 Å². The predicted octanol–water partition coefficient (Wildman–Crippen LogP) is 3.27. The average Bonchev–Trinajstić information content (AvgIpc) is 2.95. The van der Waals surface area contributed by atoms with Gasteiger partial charge in [0.2, 0.25) is 0 Å². The summed E-state index contributed by atoms with van der Waals surface area (Å²) >= 11 is 0.874. The van der Waals surface area contributed by atoms with Crippen LogP contribution in [0, 0.1) is 0 Å². The maximum Gasteiger partial charge on any atom is 0.290 e. The Bertz CT molecular complexity index is 845. The molecule has 3 rings (SSSR count). The van der Waals surface area contributed by atoms with Gasteiger partial charge in [-0.25, -0.2) is 0 Å². The first-order chi connectivity index (χ1) is 12.2. The minimum atomic E-state index is -0.387. The van der Waals surface area contributed by atoms with Gasteiger partial charge in [-0.1, -0.05) is 47.6 Å². The quantitative estimate of drug-likeness (QED) is 0.372. The summed E-state index contributed by atoms with van der Waals surface area (Å²) in [7, 11) is 0. The van der Waals surface area contributed by atoms with Crippen molar-refractivity contribution in [3.05, 3.63) is 70.6 Å². The molecule has 2 aromatic carbocycles. The van der Waals surface area contributed by atoms with Gasteiger partial charge in [-0.15, -0.1) is 0 Å². The number of nitrogens with zero attached hydrogens (tertiary/aromatic N) is 1. The lowest BCUT2D eigenvalue weighted by molar-refractivity contribution is -0.115. The van der Waals surface area contributed by atoms with Crippen molar-refractivity contribution in [1.29, 1.82) is 0 Å². The molecule has 6 nitrogen and oxygen atoms in total. The number of hydrogen-bond acceptors (Lipinski definition) is 6. The molecule has 0 saturated carbocycles. The maximum atomic E-state index is 11.5. The van der Waals surface area contributed by atoms with Gasteiger partial charge in [0.1, 0.15) is 18.1 Å². The van der Waals surface area contributed by atoms with E-state index < -0.39 is 0 Å². The molecule has 7 heteroatoms. The first-order valence-corrected chi connectivity index (χ1v) is 8.21. The first-order valence-electron chi connectivity index (χ1n) is 7.40. The summed E-state index contributed by atoms with van der Waals surface area (Å²) in [6, 6.07) is 16.3. The van der Waals surface area contributed by atoms with Crippen LogP contribution in [0.15, 0.2) is 64.7 Å². The molecule has 2 amide bonds. The number of hydrogen-bond donors (Lipinski definition) is 2. The first kappa shape index (κ1) is 16.8. The summed E-state index contributed by atoms with van der Waals surface area (Å²) in [5.41, 5.74) is 1.98. The lowest BCUT2D eigenvalue weighted by Crippen LogP contribution is -2.17. The van der Waals surface area contributed by atoms with E-state index in [-0.39, 0.29) is 17.8 Å². The highest BCUT2D eigenvalue weighted by atomic mass is 32.2. The number of oxime groups is 1. The highest BCUT2D eigenvalue weighted by Gasteiger charge is 2.24. The van der Waals surface area contributed by atoms with Crippen molar-refractivity contribution < 1.29 is 19.5 Å². The SMILES string of the molecule is O=C1NC(=O)/C(=C/c2ccc(OCC(=NO)c3ccccc3)cc2)S1. The van der Waals surface area contributed by atoms with Crippen molar-refractivity contribution in [3.8, 4) is 5.75 Å². The molecule has 0 unspecified atom stereocenters. The van der Waals surface area contributed by atoms with Crippen molar-refractivity contribution in [2.24, 2.45) is 5.16 Å². The summed E-state index contributed by atoms with van der Waals surface area (Å²) in [5, 5.41) is 14.3. The van der Waals surface area contributed by atoms with Crippen LogP contribution in [0.2, 0.25) is 0 Å². The van der Waals surface area contributed by atoms with Gasteiger partial charge in [0, 0.05) is 5.56 Å². The van der Waals surface area contributed by atoms with Crippen molar-refractivity contribution in [1.82, 2.24) is 5.32 Å². The van der Waals surface area contributed by atoms with E-state index in [1.807, 2.05) is 30.3 Å². The Hall–Kier alpha value is -3.06. The van der Waals surface area contributed by atoms with Crippen LogP contribution in [0.25, 0.3) is 6.08 Å². The van der Waals surface area contributed by atoms with Crippen LogP contribution < -0.4 is 10.1 Å². The third kappa shape index (κ3) is 4.27. The van der Waals surface area contributed by atoms with E-state index in [4.69, 9.17) is 9.94 Å². The Morgan fingerprint density at radius 1 is 1.12 bits per heavy atom. The summed E-state index contributed by atoms with van der Waals surface area (Å²) in [5.74, 6) is 0.209. The van der Waals surface area contributed by atoms with Gasteiger partial charge in [0.15, 0.2) is 0 Å². The van der Waals surface area contributed by atoms with Crippen LogP contribution in [0.3, 0.4) is 0 Å². The standard InChI is InChI=1S/C18H14N2O4S/c21-17-16(25-18(22)19-17)10-12-6-8-14(9-7-12)24-11-15(20-23)13-4-2-1-3-5-13/h1-10,23H,11H2,(H,19,21,22)/b16-10-,20-15?. The second-order valence-corrected chi connectivity index (χ2v) is 6.14. The highest BCUT2D eigenvalue weighted by Crippen LogP contribution is 2.26.